The number of amides is 2. The number of nitrogens with zero attached hydrogens (tertiary/aromatic N) is 1. The van der Waals surface area contributed by atoms with Crippen LogP contribution in [0.25, 0.3) is 0 Å². The Hall–Kier alpha value is -2.71. The third-order valence-electron chi connectivity index (χ3n) is 5.01. The van der Waals surface area contributed by atoms with Crippen LogP contribution in [0.3, 0.4) is 0 Å². The molecule has 170 valence electrons. The Bertz CT molecular complexity index is 833. The molecule has 1 heterocycles. The lowest BCUT2D eigenvalue weighted by Crippen LogP contribution is -2.52. The van der Waals surface area contributed by atoms with Crippen LogP contribution in [0.4, 0.5) is 5.82 Å². The number of hydroxylamine groups is 1. The van der Waals surface area contributed by atoms with Gasteiger partial charge in [0.25, 0.3) is 5.91 Å². The Labute approximate surface area is 184 Å². The average Bonchev–Trinajstić information content (AvgIpc) is 3.54. The van der Waals surface area contributed by atoms with E-state index < -0.39 is 17.9 Å². The van der Waals surface area contributed by atoms with E-state index in [1.807, 2.05) is 52.8 Å². The first kappa shape index (κ1) is 24.6. The van der Waals surface area contributed by atoms with Crippen molar-refractivity contribution in [2.24, 2.45) is 11.3 Å². The predicted octanol–water partition coefficient (Wildman–Crippen LogP) is 3.18. The third kappa shape index (κ3) is 6.90. The molecule has 0 aliphatic heterocycles. The number of carbonyl (C=O) groups is 2. The van der Waals surface area contributed by atoms with E-state index >= 15 is 0 Å². The number of methoxy groups -OCH3 is 1. The van der Waals surface area contributed by atoms with Gasteiger partial charge in [-0.3, -0.25) is 14.8 Å². The lowest BCUT2D eigenvalue weighted by Gasteiger charge is -2.35. The van der Waals surface area contributed by atoms with Crippen LogP contribution in [0, 0.1) is 11.3 Å². The van der Waals surface area contributed by atoms with Crippen LogP contribution in [-0.4, -0.2) is 41.3 Å². The summed E-state index contributed by atoms with van der Waals surface area (Å²) in [6.45, 7) is 9.82. The predicted molar refractivity (Wildman–Crippen MR) is 119 cm³/mol. The first-order valence-corrected chi connectivity index (χ1v) is 10.4. The van der Waals surface area contributed by atoms with Crippen LogP contribution in [0.1, 0.15) is 47.5 Å². The molecule has 1 aliphatic carbocycles. The van der Waals surface area contributed by atoms with Crippen molar-refractivity contribution in [1.29, 1.82) is 0 Å². The Morgan fingerprint density at radius 3 is 2.32 bits per heavy atom. The molecule has 2 amide bonds. The van der Waals surface area contributed by atoms with Gasteiger partial charge in [-0.25, -0.2) is 10.5 Å². The van der Waals surface area contributed by atoms with Gasteiger partial charge >= 0.3 is 0 Å². The van der Waals surface area contributed by atoms with Gasteiger partial charge in [0, 0.05) is 19.0 Å². The van der Waals surface area contributed by atoms with E-state index in [1.165, 1.54) is 12.7 Å². The fourth-order valence-electron chi connectivity index (χ4n) is 3.37. The standard InChI is InChI=1S/C23H34N4O4/c1-14(2)13-16(19(31-6)22(29)27-30)21(28)26-20(23(3,4)5)18(15-10-11-15)25-17-9-7-8-12-24-17/h7-9,12-13,16,19-20,30H,10-11H2,1-6H3,(H,24,25)(H,26,28)(H,27,29). The molecule has 0 spiro atoms. The first-order valence-electron chi connectivity index (χ1n) is 10.4. The lowest BCUT2D eigenvalue weighted by atomic mass is 9.83. The van der Waals surface area contributed by atoms with E-state index in [9.17, 15) is 9.59 Å². The van der Waals surface area contributed by atoms with Crippen LogP contribution in [0.15, 0.2) is 47.3 Å². The second-order valence-electron chi connectivity index (χ2n) is 9.07. The van der Waals surface area contributed by atoms with Crippen molar-refractivity contribution >= 4 is 17.6 Å². The first-order chi connectivity index (χ1) is 14.6. The number of allylic oxidation sites excluding steroid dienone is 2. The number of carbonyl (C=O) groups excluding carboxylic acids is 2. The molecule has 4 N–H and O–H groups in total. The molecule has 3 unspecified atom stereocenters. The molecule has 0 aromatic carbocycles. The van der Waals surface area contributed by atoms with Crippen LogP contribution in [0.2, 0.25) is 0 Å². The van der Waals surface area contributed by atoms with Crippen LogP contribution < -0.4 is 16.1 Å². The average molecular weight is 431 g/mol. The third-order valence-corrected chi connectivity index (χ3v) is 5.01. The van der Waals surface area contributed by atoms with E-state index in [2.05, 4.69) is 15.6 Å². The Morgan fingerprint density at radius 1 is 1.19 bits per heavy atom. The Morgan fingerprint density at radius 2 is 1.87 bits per heavy atom. The van der Waals surface area contributed by atoms with E-state index in [1.54, 1.807) is 17.8 Å². The van der Waals surface area contributed by atoms with Crippen molar-refractivity contribution in [2.75, 3.05) is 12.4 Å². The lowest BCUT2D eigenvalue weighted by molar-refractivity contribution is -0.146. The Balaban J connectivity index is 2.37. The van der Waals surface area contributed by atoms with Gasteiger partial charge in [0.15, 0.2) is 6.10 Å². The van der Waals surface area contributed by atoms with Gasteiger partial charge in [0.1, 0.15) is 5.82 Å². The molecule has 0 radical (unpaired) electrons. The molecule has 2 rings (SSSR count). The number of pyridine rings is 1. The second kappa shape index (κ2) is 10.5. The summed E-state index contributed by atoms with van der Waals surface area (Å²) in [7, 11) is 1.33. The van der Waals surface area contributed by atoms with Crippen molar-refractivity contribution in [2.45, 2.75) is 59.6 Å². The quantitative estimate of drug-likeness (QED) is 0.272. The zero-order chi connectivity index (χ0) is 23.2. The van der Waals surface area contributed by atoms with E-state index in [4.69, 9.17) is 9.94 Å². The highest BCUT2D eigenvalue weighted by Gasteiger charge is 2.38. The maximum atomic E-state index is 13.4. The number of ether oxygens (including phenoxy) is 1. The summed E-state index contributed by atoms with van der Waals surface area (Å²) in [6.07, 6.45) is 4.14. The van der Waals surface area contributed by atoms with Crippen LogP contribution in [0.5, 0.6) is 0 Å². The maximum Gasteiger partial charge on any atom is 0.273 e. The molecule has 1 fully saturated rings. The van der Waals surface area contributed by atoms with Gasteiger partial charge in [-0.05, 0) is 49.8 Å². The van der Waals surface area contributed by atoms with E-state index in [0.717, 1.165) is 24.1 Å². The largest absolute Gasteiger partial charge is 0.370 e. The maximum absolute atomic E-state index is 13.4. The van der Waals surface area contributed by atoms with Gasteiger partial charge in [-0.1, -0.05) is 38.5 Å². The molecule has 1 aliphatic rings. The summed E-state index contributed by atoms with van der Waals surface area (Å²) in [5.74, 6) is -1.35. The molecule has 1 aromatic heterocycles. The molecular weight excluding hydrogens is 396 g/mol. The SMILES string of the molecule is COC(C(=O)NO)C(C=C(C)C)C(=O)NC(C(Nc1ccccn1)=C1CC1)C(C)(C)C. The molecule has 8 nitrogen and oxygen atoms in total. The highest BCUT2D eigenvalue weighted by Crippen LogP contribution is 2.38. The zero-order valence-electron chi connectivity index (χ0n) is 19.2. The minimum atomic E-state index is -1.17. The topological polar surface area (TPSA) is 113 Å². The number of rotatable bonds is 9. The molecule has 31 heavy (non-hydrogen) atoms. The fourth-order valence-corrected chi connectivity index (χ4v) is 3.37. The molecule has 1 saturated carbocycles. The summed E-state index contributed by atoms with van der Waals surface area (Å²) in [4.78, 5) is 29.9. The van der Waals surface area contributed by atoms with Gasteiger partial charge in [0.05, 0.1) is 12.0 Å². The molecule has 1 aromatic rings. The minimum Gasteiger partial charge on any atom is -0.370 e. The van der Waals surface area contributed by atoms with Gasteiger partial charge < -0.3 is 15.4 Å². The molecule has 3 atom stereocenters. The number of anilines is 1. The van der Waals surface area contributed by atoms with Gasteiger partial charge in [-0.2, -0.15) is 0 Å². The molecule has 8 heteroatoms. The highest BCUT2D eigenvalue weighted by atomic mass is 16.5. The number of hydrogen-bond acceptors (Lipinski definition) is 6. The molecule has 0 bridgehead atoms. The summed E-state index contributed by atoms with van der Waals surface area (Å²) in [6, 6.07) is 5.28. The molecule has 0 saturated heterocycles. The Kier molecular flexibility index (Phi) is 8.36. The number of aromatic nitrogens is 1. The van der Waals surface area contributed by atoms with E-state index in [0.29, 0.717) is 5.82 Å². The van der Waals surface area contributed by atoms with E-state index in [-0.39, 0.29) is 17.4 Å². The monoisotopic (exact) mass is 430 g/mol. The van der Waals surface area contributed by atoms with Gasteiger partial charge in [0.2, 0.25) is 5.91 Å². The van der Waals surface area contributed by atoms with Crippen LogP contribution >= 0.6 is 0 Å². The summed E-state index contributed by atoms with van der Waals surface area (Å²) >= 11 is 0. The highest BCUT2D eigenvalue weighted by molar-refractivity contribution is 5.90. The van der Waals surface area contributed by atoms with Crippen LogP contribution in [-0.2, 0) is 14.3 Å². The fraction of sp³-hybridized carbons (Fsp3) is 0.522. The van der Waals surface area contributed by atoms with Gasteiger partial charge in [-0.15, -0.1) is 0 Å². The van der Waals surface area contributed by atoms with Crippen molar-refractivity contribution in [3.8, 4) is 0 Å². The zero-order valence-corrected chi connectivity index (χ0v) is 19.2. The minimum absolute atomic E-state index is 0.320. The smallest absolute Gasteiger partial charge is 0.273 e. The normalized spacial score (nSPS) is 15.9. The summed E-state index contributed by atoms with van der Waals surface area (Å²) < 4.78 is 5.26. The number of nitrogens with one attached hydrogen (secondary N) is 3. The van der Waals surface area contributed by atoms with Crippen molar-refractivity contribution in [3.63, 3.8) is 0 Å². The molecular formula is C23H34N4O4. The van der Waals surface area contributed by atoms with Crippen molar-refractivity contribution < 1.29 is 19.5 Å². The number of hydrogen-bond donors (Lipinski definition) is 4. The summed E-state index contributed by atoms with van der Waals surface area (Å²) in [5.41, 5.74) is 4.29. The van der Waals surface area contributed by atoms with Crippen molar-refractivity contribution in [1.82, 2.24) is 15.8 Å². The second-order valence-corrected chi connectivity index (χ2v) is 9.07. The summed E-state index contributed by atoms with van der Waals surface area (Å²) in [5, 5.41) is 15.6. The van der Waals surface area contributed by atoms with Crippen molar-refractivity contribution in [3.05, 3.63) is 47.3 Å².